The molecule has 0 bridgehead atoms. The maximum Gasteiger partial charge on any atom is 0.233 e. The summed E-state index contributed by atoms with van der Waals surface area (Å²) in [4.78, 5) is 15.4. The summed E-state index contributed by atoms with van der Waals surface area (Å²) < 4.78 is 21.1. The molecule has 1 heterocycles. The second kappa shape index (κ2) is 12.8. The largest absolute Gasteiger partial charge is 0.497 e. The van der Waals surface area contributed by atoms with E-state index in [0.29, 0.717) is 35.5 Å². The van der Waals surface area contributed by atoms with Crippen molar-refractivity contribution in [3.05, 3.63) is 125 Å². The number of hydrogen-bond donors (Lipinski definition) is 0. The van der Waals surface area contributed by atoms with Crippen LogP contribution in [0.5, 0.6) is 5.75 Å². The first-order valence-electron chi connectivity index (χ1n) is 12.6. The molecule has 1 aromatic heterocycles. The van der Waals surface area contributed by atoms with Crippen LogP contribution in [0.1, 0.15) is 11.1 Å². The molecular weight excluding hydrogens is 547 g/mol. The number of aromatic nitrogens is 3. The third-order valence-electron chi connectivity index (χ3n) is 6.25. The number of rotatable bonds is 10. The highest BCUT2D eigenvalue weighted by molar-refractivity contribution is 7.99. The Morgan fingerprint density at radius 1 is 0.900 bits per heavy atom. The molecular formula is C31H26ClFN4O2S. The highest BCUT2D eigenvalue weighted by Crippen LogP contribution is 2.31. The molecule has 0 atom stereocenters. The van der Waals surface area contributed by atoms with Crippen LogP contribution < -0.4 is 4.74 Å². The van der Waals surface area contributed by atoms with Gasteiger partial charge in [0.2, 0.25) is 5.91 Å². The van der Waals surface area contributed by atoms with Crippen molar-refractivity contribution in [1.82, 2.24) is 19.7 Å². The van der Waals surface area contributed by atoms with E-state index in [4.69, 9.17) is 16.3 Å². The van der Waals surface area contributed by atoms with Crippen LogP contribution in [0.4, 0.5) is 4.39 Å². The average molecular weight is 573 g/mol. The van der Waals surface area contributed by atoms with Crippen LogP contribution >= 0.6 is 23.4 Å². The Morgan fingerprint density at radius 3 is 2.10 bits per heavy atom. The predicted molar refractivity (Wildman–Crippen MR) is 156 cm³/mol. The Balaban J connectivity index is 1.43. The maximum absolute atomic E-state index is 14.0. The Morgan fingerprint density at radius 2 is 1.52 bits per heavy atom. The zero-order valence-corrected chi connectivity index (χ0v) is 23.3. The molecule has 40 heavy (non-hydrogen) atoms. The van der Waals surface area contributed by atoms with E-state index in [1.807, 2.05) is 89.8 Å². The fraction of sp³-hybridized carbons (Fsp3) is 0.129. The lowest BCUT2D eigenvalue weighted by Gasteiger charge is -2.23. The van der Waals surface area contributed by atoms with Crippen LogP contribution in [-0.2, 0) is 17.9 Å². The standard InChI is InChI=1S/C31H26ClFN4O2S/c1-39-26-15-12-24(13-16-26)30-34-35-31(37(30)25-14-17-28(33)27(32)18-25)40-21-29(38)36(19-22-8-4-2-5-9-22)20-23-10-6-3-7-11-23/h2-18H,19-21H2,1H3. The van der Waals surface area contributed by atoms with Crippen molar-refractivity contribution in [3.63, 3.8) is 0 Å². The minimum Gasteiger partial charge on any atom is -0.497 e. The van der Waals surface area contributed by atoms with Gasteiger partial charge in [-0.25, -0.2) is 4.39 Å². The van der Waals surface area contributed by atoms with Gasteiger partial charge in [0.05, 0.1) is 23.6 Å². The van der Waals surface area contributed by atoms with Crippen molar-refractivity contribution < 1.29 is 13.9 Å². The number of halogens is 2. The van der Waals surface area contributed by atoms with E-state index in [9.17, 15) is 9.18 Å². The summed E-state index contributed by atoms with van der Waals surface area (Å²) in [5, 5.41) is 9.29. The monoisotopic (exact) mass is 572 g/mol. The van der Waals surface area contributed by atoms with Crippen LogP contribution in [0.2, 0.25) is 5.02 Å². The van der Waals surface area contributed by atoms with Crippen LogP contribution in [0.25, 0.3) is 17.1 Å². The molecule has 6 nitrogen and oxygen atoms in total. The van der Waals surface area contributed by atoms with E-state index in [-0.39, 0.29) is 16.7 Å². The van der Waals surface area contributed by atoms with E-state index in [1.165, 1.54) is 23.9 Å². The van der Waals surface area contributed by atoms with Crippen molar-refractivity contribution in [1.29, 1.82) is 0 Å². The lowest BCUT2D eigenvalue weighted by atomic mass is 10.1. The van der Waals surface area contributed by atoms with Crippen molar-refractivity contribution >= 4 is 29.3 Å². The number of benzene rings is 4. The second-order valence-electron chi connectivity index (χ2n) is 8.98. The topological polar surface area (TPSA) is 60.3 Å². The number of nitrogens with zero attached hydrogens (tertiary/aromatic N) is 4. The van der Waals surface area contributed by atoms with Crippen molar-refractivity contribution in [2.75, 3.05) is 12.9 Å². The van der Waals surface area contributed by atoms with Gasteiger partial charge in [-0.1, -0.05) is 84.0 Å². The van der Waals surface area contributed by atoms with Crippen molar-refractivity contribution in [3.8, 4) is 22.8 Å². The normalized spacial score (nSPS) is 10.9. The third-order valence-corrected chi connectivity index (χ3v) is 7.46. The van der Waals surface area contributed by atoms with Crippen LogP contribution in [0.3, 0.4) is 0 Å². The van der Waals surface area contributed by atoms with Gasteiger partial charge in [-0.15, -0.1) is 10.2 Å². The van der Waals surface area contributed by atoms with Gasteiger partial charge in [-0.05, 0) is 53.6 Å². The van der Waals surface area contributed by atoms with Gasteiger partial charge in [-0.3, -0.25) is 9.36 Å². The molecule has 0 saturated heterocycles. The number of ether oxygens (including phenoxy) is 1. The van der Waals surface area contributed by atoms with Gasteiger partial charge in [0.25, 0.3) is 0 Å². The summed E-state index contributed by atoms with van der Waals surface area (Å²) in [7, 11) is 1.60. The van der Waals surface area contributed by atoms with E-state index >= 15 is 0 Å². The maximum atomic E-state index is 14.0. The van der Waals surface area contributed by atoms with E-state index in [2.05, 4.69) is 10.2 Å². The minimum absolute atomic E-state index is 0.0178. The first-order valence-corrected chi connectivity index (χ1v) is 13.9. The quantitative estimate of drug-likeness (QED) is 0.168. The third kappa shape index (κ3) is 6.52. The average Bonchev–Trinajstić information content (AvgIpc) is 3.42. The highest BCUT2D eigenvalue weighted by Gasteiger charge is 2.21. The van der Waals surface area contributed by atoms with Crippen molar-refractivity contribution in [2.45, 2.75) is 18.2 Å². The van der Waals surface area contributed by atoms with E-state index in [1.54, 1.807) is 17.7 Å². The predicted octanol–water partition coefficient (Wildman–Crippen LogP) is 7.06. The molecule has 0 unspecified atom stereocenters. The molecule has 0 saturated carbocycles. The first-order chi connectivity index (χ1) is 19.5. The molecule has 9 heteroatoms. The molecule has 5 aromatic rings. The molecule has 4 aromatic carbocycles. The number of thioether (sulfide) groups is 1. The zero-order valence-electron chi connectivity index (χ0n) is 21.7. The van der Waals surface area contributed by atoms with E-state index in [0.717, 1.165) is 16.7 Å². The summed E-state index contributed by atoms with van der Waals surface area (Å²) >= 11 is 7.40. The molecule has 202 valence electrons. The Labute approximate surface area is 241 Å². The van der Waals surface area contributed by atoms with Gasteiger partial charge in [0, 0.05) is 18.7 Å². The Kier molecular flexibility index (Phi) is 8.78. The van der Waals surface area contributed by atoms with Gasteiger partial charge in [0.1, 0.15) is 11.6 Å². The number of carbonyl (C=O) groups is 1. The number of carbonyl (C=O) groups excluding carboxylic acids is 1. The van der Waals surface area contributed by atoms with Gasteiger partial charge >= 0.3 is 0 Å². The SMILES string of the molecule is COc1ccc(-c2nnc(SCC(=O)N(Cc3ccccc3)Cc3ccccc3)n2-c2ccc(F)c(Cl)c2)cc1. The zero-order chi connectivity index (χ0) is 27.9. The first kappa shape index (κ1) is 27.4. The molecule has 0 aliphatic carbocycles. The molecule has 5 rings (SSSR count). The summed E-state index contributed by atoms with van der Waals surface area (Å²) in [6, 6.07) is 31.6. The summed E-state index contributed by atoms with van der Waals surface area (Å²) in [5.41, 5.74) is 3.45. The van der Waals surface area contributed by atoms with Gasteiger partial charge in [-0.2, -0.15) is 0 Å². The molecule has 0 N–H and O–H groups in total. The van der Waals surface area contributed by atoms with Crippen molar-refractivity contribution in [2.24, 2.45) is 0 Å². The smallest absolute Gasteiger partial charge is 0.233 e. The molecule has 0 aliphatic rings. The summed E-state index contributed by atoms with van der Waals surface area (Å²) in [5.74, 6) is 0.805. The highest BCUT2D eigenvalue weighted by atomic mass is 35.5. The van der Waals surface area contributed by atoms with Crippen LogP contribution in [0, 0.1) is 5.82 Å². The molecule has 0 fully saturated rings. The lowest BCUT2D eigenvalue weighted by molar-refractivity contribution is -0.129. The molecule has 0 radical (unpaired) electrons. The molecule has 0 aliphatic heterocycles. The molecule has 1 amide bonds. The number of methoxy groups -OCH3 is 1. The summed E-state index contributed by atoms with van der Waals surface area (Å²) in [6.45, 7) is 0.957. The number of hydrogen-bond acceptors (Lipinski definition) is 5. The minimum atomic E-state index is -0.522. The Hall–Kier alpha value is -4.14. The van der Waals surface area contributed by atoms with Gasteiger partial charge in [0.15, 0.2) is 11.0 Å². The van der Waals surface area contributed by atoms with Crippen LogP contribution in [0.15, 0.2) is 108 Å². The fourth-order valence-corrected chi connectivity index (χ4v) is 5.23. The fourth-order valence-electron chi connectivity index (χ4n) is 4.20. The van der Waals surface area contributed by atoms with E-state index < -0.39 is 5.82 Å². The lowest BCUT2D eigenvalue weighted by Crippen LogP contribution is -2.31. The van der Waals surface area contributed by atoms with Crippen LogP contribution in [-0.4, -0.2) is 38.4 Å². The second-order valence-corrected chi connectivity index (χ2v) is 10.3. The Bertz CT molecular complexity index is 1540. The summed E-state index contributed by atoms with van der Waals surface area (Å²) in [6.07, 6.45) is 0. The molecule has 0 spiro atoms. The van der Waals surface area contributed by atoms with Gasteiger partial charge < -0.3 is 9.64 Å². The number of amides is 1.